The molecule has 1 aromatic carbocycles. The molecule has 1 spiro atoms. The molecule has 2 fully saturated rings. The van der Waals surface area contributed by atoms with Crippen molar-refractivity contribution in [2.24, 2.45) is 0 Å². The molecule has 37 heavy (non-hydrogen) atoms. The zero-order valence-corrected chi connectivity index (χ0v) is 23.5. The summed E-state index contributed by atoms with van der Waals surface area (Å²) in [5.74, 6) is -0.336. The first kappa shape index (κ1) is 24.4. The number of pyridine rings is 1. The summed E-state index contributed by atoms with van der Waals surface area (Å²) in [5, 5.41) is 13.3. The molecule has 1 atom stereocenters. The van der Waals surface area contributed by atoms with Crippen molar-refractivity contribution < 1.29 is 9.18 Å². The third kappa shape index (κ3) is 4.21. The maximum Gasteiger partial charge on any atom is 0.254 e. The molecule has 1 aliphatic carbocycles. The second-order valence-corrected chi connectivity index (χ2v) is 11.3. The Morgan fingerprint density at radius 1 is 1.14 bits per heavy atom. The van der Waals surface area contributed by atoms with Gasteiger partial charge in [-0.05, 0) is 101 Å². The summed E-state index contributed by atoms with van der Waals surface area (Å²) < 4.78 is 18.4. The summed E-state index contributed by atoms with van der Waals surface area (Å²) in [4.78, 5) is 19.4. The van der Waals surface area contributed by atoms with Crippen LogP contribution < -0.4 is 0 Å². The number of carbonyl (C=O) groups is 1. The van der Waals surface area contributed by atoms with Crippen LogP contribution in [0.3, 0.4) is 0 Å². The van der Waals surface area contributed by atoms with Gasteiger partial charge in [0.15, 0.2) is 0 Å². The fourth-order valence-electron chi connectivity index (χ4n) is 5.47. The molecule has 8 nitrogen and oxygen atoms in total. The predicted molar refractivity (Wildman–Crippen MR) is 142 cm³/mol. The van der Waals surface area contributed by atoms with Gasteiger partial charge < -0.3 is 4.90 Å². The van der Waals surface area contributed by atoms with E-state index in [1.165, 1.54) is 6.07 Å². The lowest BCUT2D eigenvalue weighted by Gasteiger charge is -2.27. The lowest BCUT2D eigenvalue weighted by atomic mass is 9.94. The van der Waals surface area contributed by atoms with E-state index in [1.807, 2.05) is 53.9 Å². The van der Waals surface area contributed by atoms with E-state index in [0.717, 1.165) is 52.1 Å². The smallest absolute Gasteiger partial charge is 0.254 e. The molecule has 190 valence electrons. The highest BCUT2D eigenvalue weighted by molar-refractivity contribution is 9.10. The summed E-state index contributed by atoms with van der Waals surface area (Å²) in [6, 6.07) is 10.7. The minimum Gasteiger partial charge on any atom is -0.332 e. The van der Waals surface area contributed by atoms with Gasteiger partial charge in [-0.2, -0.15) is 9.49 Å². The van der Waals surface area contributed by atoms with Crippen molar-refractivity contribution in [2.75, 3.05) is 6.54 Å². The number of benzene rings is 1. The van der Waals surface area contributed by atoms with Crippen LogP contribution in [0.5, 0.6) is 0 Å². The van der Waals surface area contributed by atoms with Crippen molar-refractivity contribution in [3.8, 4) is 5.69 Å². The minimum absolute atomic E-state index is 0.0507. The van der Waals surface area contributed by atoms with Gasteiger partial charge in [-0.15, -0.1) is 5.10 Å². The first-order valence-electron chi connectivity index (χ1n) is 12.1. The zero-order chi connectivity index (χ0) is 25.9. The molecule has 0 N–H and O–H groups in total. The van der Waals surface area contributed by atoms with Crippen molar-refractivity contribution in [3.63, 3.8) is 0 Å². The second-order valence-electron chi connectivity index (χ2n) is 9.77. The first-order chi connectivity index (χ1) is 17.8. The number of hydrogen-bond acceptors (Lipinski definition) is 5. The van der Waals surface area contributed by atoms with Gasteiger partial charge in [-0.25, -0.2) is 14.3 Å². The Morgan fingerprint density at radius 3 is 2.54 bits per heavy atom. The van der Waals surface area contributed by atoms with E-state index in [4.69, 9.17) is 0 Å². The second kappa shape index (κ2) is 9.13. The highest BCUT2D eigenvalue weighted by Crippen LogP contribution is 2.57. The van der Waals surface area contributed by atoms with Crippen LogP contribution in [0.1, 0.15) is 58.2 Å². The normalized spacial score (nSPS) is 18.1. The Bertz CT molecular complexity index is 1510. The van der Waals surface area contributed by atoms with Crippen LogP contribution in [0.25, 0.3) is 5.69 Å². The molecule has 1 saturated heterocycles. The maximum absolute atomic E-state index is 13.6. The average Bonchev–Trinajstić information content (AvgIpc) is 3.27. The number of halogens is 3. The molecular formula is C26H24Br2FN7O. The molecule has 6 rings (SSSR count). The van der Waals surface area contributed by atoms with E-state index in [1.54, 1.807) is 10.7 Å². The van der Waals surface area contributed by atoms with Crippen LogP contribution in [0.15, 0.2) is 51.7 Å². The Kier molecular flexibility index (Phi) is 6.02. The van der Waals surface area contributed by atoms with Gasteiger partial charge in [0.25, 0.3) is 5.91 Å². The standard InChI is InChI=1S/C26H24Br2FN7O/c1-15-23(27)16(2)36(32-15)19-6-3-17(4-7-19)25(37)35-12-9-20(26(35)10-11-26)21-14-34(33-31-21)13-18-5-8-22(29)30-24(18)28/h3-8,14,20H,9-13H2,1-2H3. The number of aryl methyl sites for hydroxylation is 1. The molecule has 0 radical (unpaired) electrons. The fourth-order valence-corrected chi connectivity index (χ4v) is 6.15. The maximum atomic E-state index is 13.6. The van der Waals surface area contributed by atoms with E-state index in [0.29, 0.717) is 23.3 Å². The van der Waals surface area contributed by atoms with Crippen LogP contribution in [-0.2, 0) is 6.54 Å². The minimum atomic E-state index is -0.532. The van der Waals surface area contributed by atoms with Crippen molar-refractivity contribution >= 4 is 37.8 Å². The molecular weight excluding hydrogens is 605 g/mol. The van der Waals surface area contributed by atoms with Crippen molar-refractivity contribution in [1.29, 1.82) is 0 Å². The number of nitrogens with zero attached hydrogens (tertiary/aromatic N) is 7. The monoisotopic (exact) mass is 627 g/mol. The third-order valence-electron chi connectivity index (χ3n) is 7.53. The molecule has 4 aromatic rings. The number of amides is 1. The SMILES string of the molecule is Cc1nn(-c2ccc(C(=O)N3CCC(c4cn(Cc5ccc(F)nc5Br)nn4)C34CC4)cc2)c(C)c1Br. The lowest BCUT2D eigenvalue weighted by Crippen LogP contribution is -2.39. The van der Waals surface area contributed by atoms with Gasteiger partial charge in [0.1, 0.15) is 4.60 Å². The number of hydrogen-bond donors (Lipinski definition) is 0. The van der Waals surface area contributed by atoms with E-state index in [2.05, 4.69) is 52.3 Å². The van der Waals surface area contributed by atoms with Crippen LogP contribution >= 0.6 is 31.9 Å². The highest BCUT2D eigenvalue weighted by Gasteiger charge is 2.60. The summed E-state index contributed by atoms with van der Waals surface area (Å²) in [5.41, 5.74) is 5.05. The van der Waals surface area contributed by atoms with Gasteiger partial charge in [-0.1, -0.05) is 5.21 Å². The number of carbonyl (C=O) groups excluding carboxylic acids is 1. The average molecular weight is 629 g/mol. The van der Waals surface area contributed by atoms with Gasteiger partial charge in [0.05, 0.1) is 39.3 Å². The molecule has 4 heterocycles. The van der Waals surface area contributed by atoms with Gasteiger partial charge >= 0.3 is 0 Å². The van der Waals surface area contributed by atoms with E-state index < -0.39 is 5.95 Å². The van der Waals surface area contributed by atoms with Crippen LogP contribution in [-0.4, -0.2) is 52.6 Å². The van der Waals surface area contributed by atoms with Gasteiger partial charge in [0, 0.05) is 29.8 Å². The van der Waals surface area contributed by atoms with Gasteiger partial charge in [-0.3, -0.25) is 4.79 Å². The van der Waals surface area contributed by atoms with E-state index >= 15 is 0 Å². The largest absolute Gasteiger partial charge is 0.332 e. The summed E-state index contributed by atoms with van der Waals surface area (Å²) in [7, 11) is 0. The topological polar surface area (TPSA) is 81.7 Å². The number of rotatable bonds is 5. The van der Waals surface area contributed by atoms with E-state index in [-0.39, 0.29) is 17.4 Å². The Labute approximate surface area is 230 Å². The van der Waals surface area contributed by atoms with Gasteiger partial charge in [0.2, 0.25) is 5.95 Å². The molecule has 1 saturated carbocycles. The zero-order valence-electron chi connectivity index (χ0n) is 20.3. The van der Waals surface area contributed by atoms with Crippen LogP contribution in [0.2, 0.25) is 0 Å². The van der Waals surface area contributed by atoms with Crippen LogP contribution in [0, 0.1) is 19.8 Å². The predicted octanol–water partition coefficient (Wildman–Crippen LogP) is 5.35. The van der Waals surface area contributed by atoms with E-state index in [9.17, 15) is 9.18 Å². The van der Waals surface area contributed by atoms with Crippen molar-refractivity contribution in [3.05, 3.63) is 85.8 Å². The molecule has 2 aliphatic rings. The quantitative estimate of drug-likeness (QED) is 0.278. The molecule has 1 unspecified atom stereocenters. The lowest BCUT2D eigenvalue weighted by molar-refractivity contribution is 0.0709. The third-order valence-corrected chi connectivity index (χ3v) is 9.37. The Balaban J connectivity index is 1.19. The number of likely N-dealkylation sites (tertiary alicyclic amines) is 1. The first-order valence-corrected chi connectivity index (χ1v) is 13.7. The number of aromatic nitrogens is 6. The Hall–Kier alpha value is -2.92. The summed E-state index contributed by atoms with van der Waals surface area (Å²) in [6.07, 6.45) is 4.71. The van der Waals surface area contributed by atoms with Crippen molar-refractivity contribution in [1.82, 2.24) is 34.7 Å². The highest BCUT2D eigenvalue weighted by atomic mass is 79.9. The molecule has 1 aliphatic heterocycles. The van der Waals surface area contributed by atoms with Crippen molar-refractivity contribution in [2.45, 2.75) is 51.1 Å². The van der Waals surface area contributed by atoms with Crippen LogP contribution in [0.4, 0.5) is 4.39 Å². The summed E-state index contributed by atoms with van der Waals surface area (Å²) >= 11 is 6.89. The Morgan fingerprint density at radius 2 is 1.89 bits per heavy atom. The molecule has 0 bridgehead atoms. The summed E-state index contributed by atoms with van der Waals surface area (Å²) in [6.45, 7) is 5.09. The molecule has 11 heteroatoms. The molecule has 3 aromatic heterocycles. The molecule has 1 amide bonds. The fraction of sp³-hybridized carbons (Fsp3) is 0.346.